The van der Waals surface area contributed by atoms with Crippen molar-refractivity contribution in [2.24, 2.45) is 0 Å². The topological polar surface area (TPSA) is 24.1 Å². The van der Waals surface area contributed by atoms with Crippen LogP contribution in [0, 0.1) is 0 Å². The Kier molecular flexibility index (Phi) is 2.83. The molecule has 0 saturated heterocycles. The molecule has 0 aromatic heterocycles. The van der Waals surface area contributed by atoms with Gasteiger partial charge in [0.15, 0.2) is 0 Å². The predicted octanol–water partition coefficient (Wildman–Crippen LogP) is 2.34. The van der Waals surface area contributed by atoms with Gasteiger partial charge >= 0.3 is 0 Å². The Hall–Kier alpha value is -1.02. The fraction of sp³-hybridized carbons (Fsp3) is 0.571. The van der Waals surface area contributed by atoms with E-state index in [0.29, 0.717) is 0 Å². The highest BCUT2D eigenvalue weighted by atomic mass is 14.9. The molecule has 1 aliphatic heterocycles. The van der Waals surface area contributed by atoms with Gasteiger partial charge in [-0.25, -0.2) is 0 Å². The first-order valence-electron chi connectivity index (χ1n) is 6.51. The van der Waals surface area contributed by atoms with Crippen LogP contribution in [0.4, 0.5) is 5.69 Å². The van der Waals surface area contributed by atoms with Crippen molar-refractivity contribution in [1.29, 1.82) is 0 Å². The summed E-state index contributed by atoms with van der Waals surface area (Å²) in [4.78, 5) is 0. The van der Waals surface area contributed by atoms with E-state index in [2.05, 4.69) is 28.8 Å². The van der Waals surface area contributed by atoms with Crippen molar-refractivity contribution in [2.45, 2.75) is 38.1 Å². The lowest BCUT2D eigenvalue weighted by Crippen LogP contribution is -2.18. The molecule has 0 radical (unpaired) electrons. The zero-order chi connectivity index (χ0) is 10.8. The van der Waals surface area contributed by atoms with Crippen LogP contribution in [0.3, 0.4) is 0 Å². The maximum Gasteiger partial charge on any atom is 0.0406 e. The van der Waals surface area contributed by atoms with Gasteiger partial charge in [-0.3, -0.25) is 0 Å². The van der Waals surface area contributed by atoms with Crippen molar-refractivity contribution < 1.29 is 0 Å². The Bertz CT molecular complexity index is 369. The number of rotatable bonds is 5. The SMILES string of the molecule is c1cc(CCCNC2CC2)c2c(c1)CCN2. The van der Waals surface area contributed by atoms with Crippen molar-refractivity contribution in [2.75, 3.05) is 18.4 Å². The minimum absolute atomic E-state index is 0.847. The van der Waals surface area contributed by atoms with Crippen LogP contribution in [0.25, 0.3) is 0 Å². The van der Waals surface area contributed by atoms with Crippen LogP contribution < -0.4 is 10.6 Å². The molecule has 2 heteroatoms. The second kappa shape index (κ2) is 4.46. The Morgan fingerprint density at radius 3 is 3.12 bits per heavy atom. The third-order valence-electron chi connectivity index (χ3n) is 3.57. The van der Waals surface area contributed by atoms with Gasteiger partial charge in [-0.05, 0) is 49.8 Å². The van der Waals surface area contributed by atoms with Crippen molar-refractivity contribution in [1.82, 2.24) is 5.32 Å². The molecule has 1 heterocycles. The molecule has 1 fully saturated rings. The molecule has 0 spiro atoms. The van der Waals surface area contributed by atoms with E-state index >= 15 is 0 Å². The highest BCUT2D eigenvalue weighted by Gasteiger charge is 2.19. The standard InChI is InChI=1S/C14H20N2/c1-3-11(5-2-9-15-13-6-7-13)14-12(4-1)8-10-16-14/h1,3-4,13,15-16H,2,5-10H2. The molecule has 3 rings (SSSR count). The van der Waals surface area contributed by atoms with Crippen LogP contribution in [-0.4, -0.2) is 19.1 Å². The Balaban J connectivity index is 1.55. The second-order valence-corrected chi connectivity index (χ2v) is 4.96. The lowest BCUT2D eigenvalue weighted by Gasteiger charge is -2.09. The Morgan fingerprint density at radius 2 is 2.25 bits per heavy atom. The number of hydrogen-bond donors (Lipinski definition) is 2. The molecule has 2 N–H and O–H groups in total. The van der Waals surface area contributed by atoms with Gasteiger partial charge in [0.25, 0.3) is 0 Å². The fourth-order valence-electron chi connectivity index (χ4n) is 2.49. The highest BCUT2D eigenvalue weighted by Crippen LogP contribution is 2.27. The summed E-state index contributed by atoms with van der Waals surface area (Å²) < 4.78 is 0. The molecule has 16 heavy (non-hydrogen) atoms. The second-order valence-electron chi connectivity index (χ2n) is 4.96. The number of nitrogens with one attached hydrogen (secondary N) is 2. The summed E-state index contributed by atoms with van der Waals surface area (Å²) in [5, 5.41) is 7.08. The summed E-state index contributed by atoms with van der Waals surface area (Å²) in [6.07, 6.45) is 6.44. The number of hydrogen-bond acceptors (Lipinski definition) is 2. The van der Waals surface area contributed by atoms with Gasteiger partial charge in [0.05, 0.1) is 0 Å². The zero-order valence-corrected chi connectivity index (χ0v) is 9.76. The van der Waals surface area contributed by atoms with E-state index in [9.17, 15) is 0 Å². The molecule has 0 bridgehead atoms. The van der Waals surface area contributed by atoms with Crippen LogP contribution in [0.1, 0.15) is 30.4 Å². The smallest absolute Gasteiger partial charge is 0.0406 e. The number of benzene rings is 1. The van der Waals surface area contributed by atoms with Crippen molar-refractivity contribution in [3.05, 3.63) is 29.3 Å². The van der Waals surface area contributed by atoms with Gasteiger partial charge < -0.3 is 10.6 Å². The minimum Gasteiger partial charge on any atom is -0.384 e. The summed E-state index contributed by atoms with van der Waals surface area (Å²) in [7, 11) is 0. The van der Waals surface area contributed by atoms with Crippen LogP contribution in [0.5, 0.6) is 0 Å². The van der Waals surface area contributed by atoms with E-state index < -0.39 is 0 Å². The lowest BCUT2D eigenvalue weighted by atomic mass is 10.0. The van der Waals surface area contributed by atoms with Crippen LogP contribution >= 0.6 is 0 Å². The van der Waals surface area contributed by atoms with Gasteiger partial charge in [0.1, 0.15) is 0 Å². The molecule has 1 saturated carbocycles. The van der Waals surface area contributed by atoms with E-state index in [0.717, 1.165) is 12.6 Å². The van der Waals surface area contributed by atoms with Gasteiger partial charge in [-0.15, -0.1) is 0 Å². The molecule has 0 amide bonds. The summed E-state index contributed by atoms with van der Waals surface area (Å²) in [5.74, 6) is 0. The molecule has 1 aromatic carbocycles. The highest BCUT2D eigenvalue weighted by molar-refractivity contribution is 5.61. The molecular weight excluding hydrogens is 196 g/mol. The predicted molar refractivity (Wildman–Crippen MR) is 68.0 cm³/mol. The monoisotopic (exact) mass is 216 g/mol. The van der Waals surface area contributed by atoms with Crippen molar-refractivity contribution in [3.63, 3.8) is 0 Å². The summed E-state index contributed by atoms with van der Waals surface area (Å²) in [6, 6.07) is 7.57. The van der Waals surface area contributed by atoms with Gasteiger partial charge in [0, 0.05) is 18.3 Å². The molecule has 1 aromatic rings. The molecule has 86 valence electrons. The van der Waals surface area contributed by atoms with E-state index in [1.807, 2.05) is 0 Å². The molecule has 2 aliphatic rings. The Labute approximate surface area is 97.4 Å². The average Bonchev–Trinajstić information content (AvgIpc) is 3.00. The van der Waals surface area contributed by atoms with E-state index in [1.165, 1.54) is 55.5 Å². The number of aryl methyl sites for hydroxylation is 1. The van der Waals surface area contributed by atoms with Gasteiger partial charge in [0.2, 0.25) is 0 Å². The first-order valence-corrected chi connectivity index (χ1v) is 6.51. The first kappa shape index (κ1) is 10.2. The summed E-state index contributed by atoms with van der Waals surface area (Å²) >= 11 is 0. The lowest BCUT2D eigenvalue weighted by molar-refractivity contribution is 0.646. The number of fused-ring (bicyclic) bond motifs is 1. The third kappa shape index (κ3) is 2.22. The first-order chi connectivity index (χ1) is 7.93. The summed E-state index contributed by atoms with van der Waals surface area (Å²) in [6.45, 7) is 2.29. The van der Waals surface area contributed by atoms with Crippen molar-refractivity contribution >= 4 is 5.69 Å². The molecular formula is C14H20N2. The fourth-order valence-corrected chi connectivity index (χ4v) is 2.49. The van der Waals surface area contributed by atoms with Crippen LogP contribution in [0.15, 0.2) is 18.2 Å². The maximum absolute atomic E-state index is 3.57. The van der Waals surface area contributed by atoms with E-state index in [-0.39, 0.29) is 0 Å². The number of anilines is 1. The largest absolute Gasteiger partial charge is 0.384 e. The maximum atomic E-state index is 3.57. The molecule has 0 unspecified atom stereocenters. The Morgan fingerprint density at radius 1 is 1.31 bits per heavy atom. The van der Waals surface area contributed by atoms with Gasteiger partial charge in [-0.2, -0.15) is 0 Å². The van der Waals surface area contributed by atoms with E-state index in [1.54, 1.807) is 0 Å². The quantitative estimate of drug-likeness (QED) is 0.738. The van der Waals surface area contributed by atoms with Crippen LogP contribution in [-0.2, 0) is 12.8 Å². The average molecular weight is 216 g/mol. The molecule has 0 atom stereocenters. The number of para-hydroxylation sites is 1. The van der Waals surface area contributed by atoms with Crippen molar-refractivity contribution in [3.8, 4) is 0 Å². The van der Waals surface area contributed by atoms with Crippen LogP contribution in [0.2, 0.25) is 0 Å². The minimum atomic E-state index is 0.847. The van der Waals surface area contributed by atoms with Gasteiger partial charge in [-0.1, -0.05) is 18.2 Å². The summed E-state index contributed by atoms with van der Waals surface area (Å²) in [5.41, 5.74) is 4.44. The molecule has 1 aliphatic carbocycles. The van der Waals surface area contributed by atoms with E-state index in [4.69, 9.17) is 0 Å². The molecule has 2 nitrogen and oxygen atoms in total. The third-order valence-corrected chi connectivity index (χ3v) is 3.57. The zero-order valence-electron chi connectivity index (χ0n) is 9.76. The normalized spacial score (nSPS) is 18.2.